The van der Waals surface area contributed by atoms with Gasteiger partial charge in [0.15, 0.2) is 0 Å². The number of aliphatic hydroxyl groups is 1. The van der Waals surface area contributed by atoms with Crippen molar-refractivity contribution in [3.05, 3.63) is 0 Å². The van der Waals surface area contributed by atoms with Gasteiger partial charge in [-0.15, -0.1) is 0 Å². The van der Waals surface area contributed by atoms with E-state index >= 15 is 0 Å². The predicted molar refractivity (Wildman–Crippen MR) is 27.7 cm³/mol. The SMILES string of the molecule is CC(C)CO.[Al]. The summed E-state index contributed by atoms with van der Waals surface area (Å²) < 4.78 is 0. The van der Waals surface area contributed by atoms with Crippen LogP contribution in [0.4, 0.5) is 0 Å². The molecule has 0 aromatic carbocycles. The van der Waals surface area contributed by atoms with Gasteiger partial charge in [-0.3, -0.25) is 0 Å². The van der Waals surface area contributed by atoms with Gasteiger partial charge in [0.1, 0.15) is 0 Å². The summed E-state index contributed by atoms with van der Waals surface area (Å²) in [6, 6.07) is 0. The van der Waals surface area contributed by atoms with E-state index in [0.29, 0.717) is 12.5 Å². The minimum Gasteiger partial charge on any atom is -0.396 e. The highest BCUT2D eigenvalue weighted by Gasteiger charge is 1.81. The van der Waals surface area contributed by atoms with Crippen LogP contribution in [0.3, 0.4) is 0 Å². The molecule has 0 aliphatic carbocycles. The lowest BCUT2D eigenvalue weighted by molar-refractivity contribution is 0.248. The highest BCUT2D eigenvalue weighted by Crippen LogP contribution is 1.83. The van der Waals surface area contributed by atoms with E-state index in [9.17, 15) is 0 Å². The third-order valence-corrected chi connectivity index (χ3v) is 0.365. The minimum absolute atomic E-state index is 0. The fraction of sp³-hybridized carbons (Fsp3) is 1.00. The average Bonchev–Trinajstić information content (AvgIpc) is 1.38. The second kappa shape index (κ2) is 5.49. The maximum absolute atomic E-state index is 8.14. The maximum Gasteiger partial charge on any atom is 0.0453 e. The van der Waals surface area contributed by atoms with Crippen molar-refractivity contribution < 1.29 is 5.11 Å². The monoisotopic (exact) mass is 101 g/mol. The van der Waals surface area contributed by atoms with Gasteiger partial charge in [-0.25, -0.2) is 0 Å². The van der Waals surface area contributed by atoms with Crippen LogP contribution in [0.15, 0.2) is 0 Å². The molecule has 0 unspecified atom stereocenters. The summed E-state index contributed by atoms with van der Waals surface area (Å²) in [4.78, 5) is 0. The molecule has 0 aliphatic heterocycles. The van der Waals surface area contributed by atoms with E-state index in [1.165, 1.54) is 0 Å². The van der Waals surface area contributed by atoms with Gasteiger partial charge in [0.25, 0.3) is 0 Å². The molecule has 0 aromatic heterocycles. The molecule has 0 bridgehead atoms. The standard InChI is InChI=1S/C4H10O.Al/c1-4(2)3-5;/h4-5H,3H2,1-2H3;. The summed E-state index contributed by atoms with van der Waals surface area (Å²) in [6.07, 6.45) is 0. The van der Waals surface area contributed by atoms with Gasteiger partial charge in [-0.1, -0.05) is 13.8 Å². The Bertz CT molecular complexity index is 21.5. The zero-order valence-electron chi connectivity index (χ0n) is 4.31. The number of hydrogen-bond acceptors (Lipinski definition) is 1. The molecular formula is C4H10AlO. The first-order valence-corrected chi connectivity index (χ1v) is 1.88. The highest BCUT2D eigenvalue weighted by molar-refractivity contribution is 5.75. The molecule has 1 nitrogen and oxygen atoms in total. The first-order valence-electron chi connectivity index (χ1n) is 1.88. The molecule has 0 aromatic rings. The Morgan fingerprint density at radius 1 is 1.50 bits per heavy atom. The average molecular weight is 101 g/mol. The quantitative estimate of drug-likeness (QED) is 0.469. The third-order valence-electron chi connectivity index (χ3n) is 0.365. The Balaban J connectivity index is 0. The van der Waals surface area contributed by atoms with Crippen molar-refractivity contribution in [2.75, 3.05) is 6.61 Å². The van der Waals surface area contributed by atoms with Crippen LogP contribution in [0.25, 0.3) is 0 Å². The van der Waals surface area contributed by atoms with Crippen molar-refractivity contribution in [1.82, 2.24) is 0 Å². The zero-order chi connectivity index (χ0) is 4.28. The van der Waals surface area contributed by atoms with Crippen LogP contribution in [-0.2, 0) is 0 Å². The Labute approximate surface area is 49.5 Å². The lowest BCUT2D eigenvalue weighted by Crippen LogP contribution is -1.90. The van der Waals surface area contributed by atoms with Crippen LogP contribution in [0, 0.1) is 5.92 Å². The van der Waals surface area contributed by atoms with E-state index in [4.69, 9.17) is 5.11 Å². The zero-order valence-corrected chi connectivity index (χ0v) is 5.46. The van der Waals surface area contributed by atoms with Crippen molar-refractivity contribution in [3.8, 4) is 0 Å². The van der Waals surface area contributed by atoms with Gasteiger partial charge in [0.2, 0.25) is 0 Å². The van der Waals surface area contributed by atoms with Crippen molar-refractivity contribution in [2.24, 2.45) is 5.92 Å². The number of rotatable bonds is 1. The van der Waals surface area contributed by atoms with E-state index in [-0.39, 0.29) is 17.4 Å². The van der Waals surface area contributed by atoms with Gasteiger partial charge in [0.05, 0.1) is 0 Å². The van der Waals surface area contributed by atoms with Gasteiger partial charge >= 0.3 is 0 Å². The van der Waals surface area contributed by atoms with E-state index < -0.39 is 0 Å². The fourth-order valence-corrected chi connectivity index (χ4v) is 0. The third kappa shape index (κ3) is 8.82. The molecule has 35 valence electrons. The first kappa shape index (κ1) is 9.70. The lowest BCUT2D eigenvalue weighted by atomic mass is 10.2. The molecule has 0 spiro atoms. The van der Waals surface area contributed by atoms with Crippen LogP contribution in [-0.4, -0.2) is 29.1 Å². The van der Waals surface area contributed by atoms with Crippen LogP contribution in [0.1, 0.15) is 13.8 Å². The van der Waals surface area contributed by atoms with Gasteiger partial charge in [-0.2, -0.15) is 0 Å². The molecular weight excluding hydrogens is 91.0 g/mol. The van der Waals surface area contributed by atoms with E-state index in [1.807, 2.05) is 13.8 Å². The summed E-state index contributed by atoms with van der Waals surface area (Å²) in [5, 5.41) is 8.14. The molecule has 0 saturated heterocycles. The van der Waals surface area contributed by atoms with E-state index in [0.717, 1.165) is 0 Å². The van der Waals surface area contributed by atoms with Crippen LogP contribution in [0.5, 0.6) is 0 Å². The highest BCUT2D eigenvalue weighted by atomic mass is 27.0. The predicted octanol–water partition coefficient (Wildman–Crippen LogP) is 0.254. The van der Waals surface area contributed by atoms with E-state index in [1.54, 1.807) is 0 Å². The number of hydrogen-bond donors (Lipinski definition) is 1. The van der Waals surface area contributed by atoms with Crippen LogP contribution < -0.4 is 0 Å². The fourth-order valence-electron chi connectivity index (χ4n) is 0. The summed E-state index contributed by atoms with van der Waals surface area (Å²) >= 11 is 0. The molecule has 0 rings (SSSR count). The van der Waals surface area contributed by atoms with Gasteiger partial charge in [0, 0.05) is 24.0 Å². The Kier molecular flexibility index (Phi) is 8.88. The summed E-state index contributed by atoms with van der Waals surface area (Å²) in [6.45, 7) is 4.25. The summed E-state index contributed by atoms with van der Waals surface area (Å²) in [7, 11) is 0. The summed E-state index contributed by atoms with van der Waals surface area (Å²) in [5.41, 5.74) is 0. The van der Waals surface area contributed by atoms with E-state index in [2.05, 4.69) is 0 Å². The van der Waals surface area contributed by atoms with Crippen molar-refractivity contribution in [2.45, 2.75) is 13.8 Å². The number of aliphatic hydroxyl groups excluding tert-OH is 1. The Morgan fingerprint density at radius 2 is 1.67 bits per heavy atom. The van der Waals surface area contributed by atoms with Crippen molar-refractivity contribution in [3.63, 3.8) is 0 Å². The van der Waals surface area contributed by atoms with Crippen LogP contribution >= 0.6 is 0 Å². The Morgan fingerprint density at radius 3 is 1.67 bits per heavy atom. The molecule has 0 heterocycles. The molecule has 6 heavy (non-hydrogen) atoms. The van der Waals surface area contributed by atoms with Crippen molar-refractivity contribution in [1.29, 1.82) is 0 Å². The topological polar surface area (TPSA) is 20.2 Å². The lowest BCUT2D eigenvalue weighted by Gasteiger charge is -1.90. The molecule has 0 fully saturated rings. The molecule has 2 heteroatoms. The maximum atomic E-state index is 8.14. The Hall–Kier alpha value is 0.492. The second-order valence-electron chi connectivity index (χ2n) is 1.58. The molecule has 0 amide bonds. The van der Waals surface area contributed by atoms with Gasteiger partial charge < -0.3 is 5.11 Å². The van der Waals surface area contributed by atoms with Crippen LogP contribution in [0.2, 0.25) is 0 Å². The molecule has 3 radical (unpaired) electrons. The molecule has 1 N–H and O–H groups in total. The molecule has 0 aliphatic rings. The smallest absolute Gasteiger partial charge is 0.0453 e. The molecule has 0 atom stereocenters. The van der Waals surface area contributed by atoms with Crippen molar-refractivity contribution >= 4 is 17.4 Å². The molecule has 0 saturated carbocycles. The minimum atomic E-state index is 0. The largest absolute Gasteiger partial charge is 0.396 e. The van der Waals surface area contributed by atoms with Gasteiger partial charge in [-0.05, 0) is 5.92 Å². The summed E-state index contributed by atoms with van der Waals surface area (Å²) in [5.74, 6) is 0.440. The second-order valence-corrected chi connectivity index (χ2v) is 1.58. The normalized spacial score (nSPS) is 8.00. The first-order chi connectivity index (χ1) is 2.27.